The van der Waals surface area contributed by atoms with Crippen molar-refractivity contribution in [1.82, 2.24) is 0 Å². The number of phenolic OH excluding ortho intramolecular Hbond substituents is 4. The van der Waals surface area contributed by atoms with Crippen molar-refractivity contribution in [3.05, 3.63) is 63.8 Å². The molecular weight excluding hydrogens is 396 g/mol. The Hall–Kier alpha value is -3.41. The van der Waals surface area contributed by atoms with Crippen LogP contribution >= 0.6 is 0 Å². The van der Waals surface area contributed by atoms with Gasteiger partial charge < -0.3 is 25.2 Å². The molecule has 164 valence electrons. The van der Waals surface area contributed by atoms with Gasteiger partial charge in [0.05, 0.1) is 5.92 Å². The van der Waals surface area contributed by atoms with E-state index in [0.29, 0.717) is 17.5 Å². The number of benzene rings is 2. The first-order chi connectivity index (χ1) is 14.6. The second-order valence-corrected chi connectivity index (χ2v) is 8.30. The summed E-state index contributed by atoms with van der Waals surface area (Å²) in [6.07, 6.45) is 4.30. The van der Waals surface area contributed by atoms with Crippen LogP contribution in [0.2, 0.25) is 0 Å². The summed E-state index contributed by atoms with van der Waals surface area (Å²) in [5.74, 6) is -1.83. The van der Waals surface area contributed by atoms with E-state index in [4.69, 9.17) is 4.74 Å². The summed E-state index contributed by atoms with van der Waals surface area (Å²) in [6, 6.07) is 4.28. The molecule has 2 aromatic carbocycles. The molecule has 0 radical (unpaired) electrons. The van der Waals surface area contributed by atoms with E-state index in [1.165, 1.54) is 18.2 Å². The normalized spacial score (nSPS) is 15.1. The summed E-state index contributed by atoms with van der Waals surface area (Å²) >= 11 is 0. The van der Waals surface area contributed by atoms with Gasteiger partial charge in [-0.15, -0.1) is 0 Å². The maximum Gasteiger partial charge on any atom is 0.181 e. The Balaban J connectivity index is 2.05. The van der Waals surface area contributed by atoms with E-state index in [9.17, 15) is 25.2 Å². The lowest BCUT2D eigenvalue weighted by Gasteiger charge is -2.27. The van der Waals surface area contributed by atoms with E-state index in [1.54, 1.807) is 0 Å². The molecule has 0 spiro atoms. The van der Waals surface area contributed by atoms with Gasteiger partial charge in [0.2, 0.25) is 0 Å². The Morgan fingerprint density at radius 3 is 2.10 bits per heavy atom. The standard InChI is InChI=1S/C25H28O6/c1-13(2)5-7-16-19(26)10-9-15(23(16)28)18-12-31-21-11-20(27)17(8-6-14(3)4)24(29)22(21)25(18)30/h5-6,9-11,18,26-29H,7-8,12H2,1-4H3. The molecule has 0 amide bonds. The number of phenols is 4. The van der Waals surface area contributed by atoms with Crippen LogP contribution in [0.25, 0.3) is 0 Å². The number of carbonyl (C=O) groups excluding carboxylic acids is 1. The van der Waals surface area contributed by atoms with E-state index < -0.39 is 11.7 Å². The molecule has 0 aliphatic carbocycles. The summed E-state index contributed by atoms with van der Waals surface area (Å²) in [5.41, 5.74) is 2.93. The fourth-order valence-corrected chi connectivity index (χ4v) is 3.62. The van der Waals surface area contributed by atoms with E-state index in [2.05, 4.69) is 0 Å². The summed E-state index contributed by atoms with van der Waals surface area (Å²) in [7, 11) is 0. The molecule has 1 unspecified atom stereocenters. The molecule has 4 N–H and O–H groups in total. The minimum absolute atomic E-state index is 0.00969. The number of allylic oxidation sites excluding steroid dienone is 4. The van der Waals surface area contributed by atoms with Crippen molar-refractivity contribution >= 4 is 5.78 Å². The minimum atomic E-state index is -0.856. The van der Waals surface area contributed by atoms with Gasteiger partial charge in [0.1, 0.15) is 40.9 Å². The number of hydrogen-bond acceptors (Lipinski definition) is 6. The highest BCUT2D eigenvalue weighted by molar-refractivity contribution is 6.07. The Kier molecular flexibility index (Phi) is 6.29. The van der Waals surface area contributed by atoms with Crippen molar-refractivity contribution in [1.29, 1.82) is 0 Å². The van der Waals surface area contributed by atoms with Gasteiger partial charge in [-0.3, -0.25) is 4.79 Å². The molecule has 0 fully saturated rings. The quantitative estimate of drug-likeness (QED) is 0.509. The van der Waals surface area contributed by atoms with Crippen molar-refractivity contribution < 1.29 is 30.0 Å². The second kappa shape index (κ2) is 8.76. The predicted octanol–water partition coefficient (Wildman–Crippen LogP) is 4.89. The number of carbonyl (C=O) groups is 1. The summed E-state index contributed by atoms with van der Waals surface area (Å²) in [5, 5.41) is 42.1. The third-order valence-electron chi connectivity index (χ3n) is 5.41. The van der Waals surface area contributed by atoms with E-state index in [-0.39, 0.29) is 52.9 Å². The Morgan fingerprint density at radius 1 is 0.935 bits per heavy atom. The van der Waals surface area contributed by atoms with Gasteiger partial charge >= 0.3 is 0 Å². The molecule has 1 aliphatic rings. The van der Waals surface area contributed by atoms with Crippen LogP contribution in [0.3, 0.4) is 0 Å². The lowest BCUT2D eigenvalue weighted by atomic mass is 9.85. The Morgan fingerprint density at radius 2 is 1.52 bits per heavy atom. The second-order valence-electron chi connectivity index (χ2n) is 8.30. The number of ether oxygens (including phenoxy) is 1. The maximum absolute atomic E-state index is 13.3. The van der Waals surface area contributed by atoms with Gasteiger partial charge in [-0.05, 0) is 46.6 Å². The summed E-state index contributed by atoms with van der Waals surface area (Å²) in [4.78, 5) is 13.3. The Bertz CT molecular complexity index is 1090. The zero-order valence-corrected chi connectivity index (χ0v) is 18.2. The number of Topliss-reactive ketones (excluding diaryl/α,β-unsaturated/α-hetero) is 1. The molecule has 0 bridgehead atoms. The van der Waals surface area contributed by atoms with Crippen LogP contribution in [0.1, 0.15) is 60.7 Å². The largest absolute Gasteiger partial charge is 0.508 e. The molecule has 1 atom stereocenters. The first-order valence-corrected chi connectivity index (χ1v) is 10.2. The topological polar surface area (TPSA) is 107 Å². The molecule has 0 aromatic heterocycles. The van der Waals surface area contributed by atoms with E-state index in [1.807, 2.05) is 39.8 Å². The lowest BCUT2D eigenvalue weighted by Crippen LogP contribution is -2.26. The highest BCUT2D eigenvalue weighted by Gasteiger charge is 2.36. The monoisotopic (exact) mass is 424 g/mol. The summed E-state index contributed by atoms with van der Waals surface area (Å²) in [6.45, 7) is 7.57. The van der Waals surface area contributed by atoms with Crippen LogP contribution in [0.15, 0.2) is 41.5 Å². The van der Waals surface area contributed by atoms with E-state index in [0.717, 1.165) is 11.1 Å². The zero-order valence-electron chi connectivity index (χ0n) is 18.2. The molecule has 2 aromatic rings. The van der Waals surface area contributed by atoms with Crippen LogP contribution in [0.5, 0.6) is 28.7 Å². The maximum atomic E-state index is 13.3. The van der Waals surface area contributed by atoms with Gasteiger partial charge in [-0.1, -0.05) is 29.4 Å². The van der Waals surface area contributed by atoms with Gasteiger partial charge in [-0.25, -0.2) is 0 Å². The first kappa shape index (κ1) is 22.3. The van der Waals surface area contributed by atoms with Gasteiger partial charge in [-0.2, -0.15) is 0 Å². The average Bonchev–Trinajstić information content (AvgIpc) is 2.68. The lowest BCUT2D eigenvalue weighted by molar-refractivity contribution is 0.0889. The van der Waals surface area contributed by atoms with Crippen LogP contribution in [0, 0.1) is 0 Å². The van der Waals surface area contributed by atoms with Crippen LogP contribution in [0.4, 0.5) is 0 Å². The number of rotatable bonds is 5. The van der Waals surface area contributed by atoms with Crippen molar-refractivity contribution in [3.8, 4) is 28.7 Å². The minimum Gasteiger partial charge on any atom is -0.508 e. The molecule has 1 aliphatic heterocycles. The molecule has 6 heteroatoms. The SMILES string of the molecule is CC(C)=CCc1c(O)ccc(C2COc3cc(O)c(CC=C(C)C)c(O)c3C2=O)c1O. The van der Waals surface area contributed by atoms with Crippen molar-refractivity contribution in [3.63, 3.8) is 0 Å². The van der Waals surface area contributed by atoms with Crippen LogP contribution in [-0.4, -0.2) is 32.8 Å². The highest BCUT2D eigenvalue weighted by Crippen LogP contribution is 2.46. The van der Waals surface area contributed by atoms with Gasteiger partial charge in [0.15, 0.2) is 5.78 Å². The molecule has 0 saturated carbocycles. The molecule has 3 rings (SSSR count). The average molecular weight is 424 g/mol. The Labute approximate surface area is 181 Å². The van der Waals surface area contributed by atoms with Crippen LogP contribution < -0.4 is 4.74 Å². The third kappa shape index (κ3) is 4.38. The van der Waals surface area contributed by atoms with Crippen molar-refractivity contribution in [2.75, 3.05) is 6.61 Å². The van der Waals surface area contributed by atoms with Crippen LogP contribution in [-0.2, 0) is 12.8 Å². The smallest absolute Gasteiger partial charge is 0.181 e. The molecule has 1 heterocycles. The molecule has 6 nitrogen and oxygen atoms in total. The fourth-order valence-electron chi connectivity index (χ4n) is 3.62. The third-order valence-corrected chi connectivity index (χ3v) is 5.41. The zero-order chi connectivity index (χ0) is 22.9. The summed E-state index contributed by atoms with van der Waals surface area (Å²) < 4.78 is 5.68. The fraction of sp³-hybridized carbons (Fsp3) is 0.320. The molecule has 31 heavy (non-hydrogen) atoms. The van der Waals surface area contributed by atoms with E-state index >= 15 is 0 Å². The highest BCUT2D eigenvalue weighted by atomic mass is 16.5. The van der Waals surface area contributed by atoms with Gasteiger partial charge in [0, 0.05) is 22.8 Å². The van der Waals surface area contributed by atoms with Crippen molar-refractivity contribution in [2.24, 2.45) is 0 Å². The first-order valence-electron chi connectivity index (χ1n) is 10.2. The number of hydrogen-bond donors (Lipinski definition) is 4. The number of ketones is 1. The van der Waals surface area contributed by atoms with Crippen molar-refractivity contribution in [2.45, 2.75) is 46.5 Å². The van der Waals surface area contributed by atoms with Gasteiger partial charge in [0.25, 0.3) is 0 Å². The number of fused-ring (bicyclic) bond motifs is 1. The molecular formula is C25H28O6. The molecule has 0 saturated heterocycles. The number of aromatic hydroxyl groups is 4. The predicted molar refractivity (Wildman–Crippen MR) is 118 cm³/mol.